The van der Waals surface area contributed by atoms with Crippen molar-refractivity contribution in [3.63, 3.8) is 0 Å². The van der Waals surface area contributed by atoms with E-state index in [4.69, 9.17) is 11.5 Å². The summed E-state index contributed by atoms with van der Waals surface area (Å²) in [5.74, 6) is -0.128. The Balaban J connectivity index is 1.43. The lowest BCUT2D eigenvalue weighted by atomic mass is 9.90. The number of alkyl halides is 3. The van der Waals surface area contributed by atoms with E-state index < -0.39 is 7.72 Å². The molecule has 0 unspecified atom stereocenters. The van der Waals surface area contributed by atoms with Crippen LogP contribution < -0.4 is 22.1 Å². The van der Waals surface area contributed by atoms with Gasteiger partial charge in [-0.1, -0.05) is 84.9 Å². The first-order valence-corrected chi connectivity index (χ1v) is 17.6. The molecule has 244 valence electrons. The average Bonchev–Trinajstić information content (AvgIpc) is 3.19. The van der Waals surface area contributed by atoms with Gasteiger partial charge in [0, 0.05) is 49.8 Å². The molecule has 4 rings (SSSR count). The third-order valence-electron chi connectivity index (χ3n) is 8.02. The first-order valence-electron chi connectivity index (χ1n) is 15.4. The van der Waals surface area contributed by atoms with Gasteiger partial charge in [0.1, 0.15) is 0 Å². The highest BCUT2D eigenvalue weighted by molar-refractivity contribution is 14.2. The number of aliphatic imine (C=N–C) groups is 1. The van der Waals surface area contributed by atoms with Crippen LogP contribution in [0.4, 0.5) is 4.39 Å². The van der Waals surface area contributed by atoms with Crippen LogP contribution in [0.1, 0.15) is 53.9 Å². The minimum absolute atomic E-state index is 0.0177. The van der Waals surface area contributed by atoms with E-state index in [1.165, 1.54) is 6.08 Å². The van der Waals surface area contributed by atoms with Crippen molar-refractivity contribution >= 4 is 69.0 Å². The minimum Gasteiger partial charge on any atom is -0.370 e. The van der Waals surface area contributed by atoms with Crippen LogP contribution >= 0.6 is 45.2 Å². The monoisotopic (exact) mass is 850 g/mol. The summed E-state index contributed by atoms with van der Waals surface area (Å²) in [4.78, 5) is 32.7. The number of amides is 2. The Kier molecular flexibility index (Phi) is 13.8. The number of hydrogen-bond acceptors (Lipinski definition) is 4. The molecule has 8 nitrogen and oxygen atoms in total. The van der Waals surface area contributed by atoms with Gasteiger partial charge in [0.2, 0.25) is 13.5 Å². The van der Waals surface area contributed by atoms with E-state index in [9.17, 15) is 14.0 Å². The van der Waals surface area contributed by atoms with Gasteiger partial charge in [0.25, 0.3) is 0 Å². The van der Waals surface area contributed by atoms with Crippen molar-refractivity contribution in [1.82, 2.24) is 15.5 Å². The number of rotatable bonds is 14. The molecule has 2 amide bonds. The minimum atomic E-state index is -1.58. The summed E-state index contributed by atoms with van der Waals surface area (Å²) in [6.45, 7) is 2.03. The Labute approximate surface area is 298 Å². The summed E-state index contributed by atoms with van der Waals surface area (Å²) in [5.41, 5.74) is 14.5. The van der Waals surface area contributed by atoms with Gasteiger partial charge >= 0.3 is 0 Å². The number of nitrogens with two attached hydrogens (primary N) is 2. The molecule has 0 spiro atoms. The van der Waals surface area contributed by atoms with Crippen molar-refractivity contribution in [2.45, 2.75) is 45.4 Å². The van der Waals surface area contributed by atoms with E-state index in [1.807, 2.05) is 47.4 Å². The number of carbonyl (C=O) groups is 2. The molecule has 2 atom stereocenters. The molecule has 46 heavy (non-hydrogen) atoms. The van der Waals surface area contributed by atoms with Gasteiger partial charge in [-0.2, -0.15) is 0 Å². The molecule has 6 N–H and O–H groups in total. The molecule has 0 aromatic heterocycles. The van der Waals surface area contributed by atoms with Crippen LogP contribution in [0.5, 0.6) is 0 Å². The van der Waals surface area contributed by atoms with Crippen molar-refractivity contribution in [2.24, 2.45) is 16.5 Å². The van der Waals surface area contributed by atoms with Gasteiger partial charge in [0.15, 0.2) is 5.96 Å². The third-order valence-corrected chi connectivity index (χ3v) is 9.18. The zero-order chi connectivity index (χ0) is 32.9. The Morgan fingerprint density at radius 3 is 2.28 bits per heavy atom. The van der Waals surface area contributed by atoms with Crippen LogP contribution in [-0.2, 0) is 11.3 Å². The summed E-state index contributed by atoms with van der Waals surface area (Å²) in [6, 6.07) is 27.3. The summed E-state index contributed by atoms with van der Waals surface area (Å²) >= 11 is 3.48. The topological polar surface area (TPSA) is 126 Å². The lowest BCUT2D eigenvalue weighted by molar-refractivity contribution is -0.133. The highest BCUT2D eigenvalue weighted by atomic mass is 127. The van der Waals surface area contributed by atoms with E-state index in [-0.39, 0.29) is 29.7 Å². The van der Waals surface area contributed by atoms with Gasteiger partial charge in [0.05, 0.1) is 6.04 Å². The Morgan fingerprint density at radius 1 is 1.02 bits per heavy atom. The number of hydrogen-bond donors (Lipinski definition) is 4. The Bertz CT molecular complexity index is 1440. The van der Waals surface area contributed by atoms with E-state index >= 15 is 0 Å². The molecule has 1 fully saturated rings. The Morgan fingerprint density at radius 2 is 1.65 bits per heavy atom. The quantitative estimate of drug-likeness (QED) is 0.0420. The molecule has 0 saturated carbocycles. The average molecular weight is 851 g/mol. The molecule has 1 saturated heterocycles. The molecule has 0 aliphatic carbocycles. The summed E-state index contributed by atoms with van der Waals surface area (Å²) in [7, 11) is 0. The second-order valence-electron chi connectivity index (χ2n) is 11.3. The molecular weight excluding hydrogens is 809 g/mol. The van der Waals surface area contributed by atoms with Crippen LogP contribution in [0.3, 0.4) is 0 Å². The fourth-order valence-corrected chi connectivity index (χ4v) is 6.67. The van der Waals surface area contributed by atoms with Crippen LogP contribution in [0.15, 0.2) is 96.0 Å². The third kappa shape index (κ3) is 11.0. The maximum atomic E-state index is 14.6. The van der Waals surface area contributed by atoms with Crippen molar-refractivity contribution in [3.8, 4) is 0 Å². The summed E-state index contributed by atoms with van der Waals surface area (Å²) in [5, 5.41) is 6.53. The number of nitrogens with one attached hydrogen (secondary N) is 2. The highest BCUT2D eigenvalue weighted by Gasteiger charge is 2.32. The normalized spacial score (nSPS) is 17.2. The van der Waals surface area contributed by atoms with Crippen molar-refractivity contribution < 1.29 is 14.0 Å². The lowest BCUT2D eigenvalue weighted by Gasteiger charge is -2.29. The molecule has 0 radical (unpaired) electrons. The molecule has 3 aromatic carbocycles. The molecule has 1 heterocycles. The molecule has 11 heteroatoms. The first kappa shape index (κ1) is 35.8. The van der Waals surface area contributed by atoms with E-state index in [0.717, 1.165) is 17.5 Å². The Hall–Kier alpha value is -3.04. The van der Waals surface area contributed by atoms with Gasteiger partial charge in [-0.05, 0) is 93.6 Å². The standard InChI is InChI=1S/C35H41FI2N6O2/c36-35(37,38)30-15-8-7-14-27(30)17-18-32(45)41-22-19-28-20-23-44(33(46)31(43-28)16-9-21-42-34(39)40)24-29(25-10-3-1-4-11-25)26-12-5-2-6-13-26/h1-8,10-15,17-18,28-29,31,43H,9,16,19-24H2,(H,41,45)(H4,39,40,42)/b18-17+/t28-,31+/m1/s1. The van der Waals surface area contributed by atoms with Crippen molar-refractivity contribution in [3.05, 3.63) is 113 Å². The fraction of sp³-hybridized carbons (Fsp3) is 0.343. The number of halogens is 3. The number of nitrogens with zero attached hydrogens (tertiary/aromatic N) is 2. The molecule has 1 aliphatic heterocycles. The molecule has 0 bridgehead atoms. The van der Waals surface area contributed by atoms with E-state index in [1.54, 1.807) is 69.5 Å². The van der Waals surface area contributed by atoms with Gasteiger partial charge < -0.3 is 27.0 Å². The van der Waals surface area contributed by atoms with Crippen molar-refractivity contribution in [1.29, 1.82) is 0 Å². The lowest BCUT2D eigenvalue weighted by Crippen LogP contribution is -2.47. The highest BCUT2D eigenvalue weighted by Crippen LogP contribution is 2.42. The van der Waals surface area contributed by atoms with Crippen LogP contribution in [0, 0.1) is 0 Å². The van der Waals surface area contributed by atoms with Crippen LogP contribution in [-0.4, -0.2) is 60.9 Å². The zero-order valence-electron chi connectivity index (χ0n) is 25.6. The summed E-state index contributed by atoms with van der Waals surface area (Å²) < 4.78 is 13.0. The molecule has 3 aromatic rings. The van der Waals surface area contributed by atoms with Gasteiger partial charge in [-0.3, -0.25) is 14.6 Å². The maximum Gasteiger partial charge on any atom is 0.244 e. The second-order valence-corrected chi connectivity index (χ2v) is 16.3. The van der Waals surface area contributed by atoms with Crippen LogP contribution in [0.25, 0.3) is 6.08 Å². The largest absolute Gasteiger partial charge is 0.370 e. The summed E-state index contributed by atoms with van der Waals surface area (Å²) in [6.07, 6.45) is 5.71. The first-order chi connectivity index (χ1) is 22.1. The SMILES string of the molecule is NC(N)=NCCC[C@@H]1N[C@H](CCNC(=O)/C=C/c2ccccc2C(F)(I)I)CCN(CC(c2ccccc2)c2ccccc2)C1=O. The van der Waals surface area contributed by atoms with E-state index in [0.29, 0.717) is 56.6 Å². The number of benzene rings is 3. The predicted molar refractivity (Wildman–Crippen MR) is 200 cm³/mol. The van der Waals surface area contributed by atoms with E-state index in [2.05, 4.69) is 39.9 Å². The van der Waals surface area contributed by atoms with Gasteiger partial charge in [-0.15, -0.1) is 0 Å². The number of carbonyl (C=O) groups excluding carboxylic acids is 2. The fourth-order valence-electron chi connectivity index (χ4n) is 5.69. The predicted octanol–water partition coefficient (Wildman–Crippen LogP) is 5.60. The van der Waals surface area contributed by atoms with Crippen LogP contribution in [0.2, 0.25) is 0 Å². The number of guanidine groups is 1. The maximum absolute atomic E-state index is 14.6. The molecule has 1 aliphatic rings. The molecular formula is C35H41FI2N6O2. The zero-order valence-corrected chi connectivity index (χ0v) is 29.9. The second kappa shape index (κ2) is 17.8. The van der Waals surface area contributed by atoms with Gasteiger partial charge in [-0.25, -0.2) is 4.39 Å². The van der Waals surface area contributed by atoms with Crippen molar-refractivity contribution in [2.75, 3.05) is 26.2 Å². The smallest absolute Gasteiger partial charge is 0.244 e.